The molecule has 27 heavy (non-hydrogen) atoms. The third-order valence-electron chi connectivity index (χ3n) is 4.68. The van der Waals surface area contributed by atoms with Gasteiger partial charge in [0.05, 0.1) is 0 Å². The highest BCUT2D eigenvalue weighted by molar-refractivity contribution is 6.00. The highest BCUT2D eigenvalue weighted by Crippen LogP contribution is 2.21. The fourth-order valence-corrected chi connectivity index (χ4v) is 3.13. The number of anilines is 2. The molecule has 3 rings (SSSR count). The van der Waals surface area contributed by atoms with Crippen molar-refractivity contribution in [3.63, 3.8) is 0 Å². The molecule has 0 bridgehead atoms. The van der Waals surface area contributed by atoms with Gasteiger partial charge >= 0.3 is 6.03 Å². The number of aryl methyl sites for hydroxylation is 1. The smallest absolute Gasteiger partial charge is 0.322 e. The molecule has 1 heterocycles. The van der Waals surface area contributed by atoms with Gasteiger partial charge in [-0.1, -0.05) is 17.7 Å². The van der Waals surface area contributed by atoms with E-state index in [1.165, 1.54) is 6.92 Å². The van der Waals surface area contributed by atoms with Crippen LogP contribution in [0.4, 0.5) is 16.2 Å². The minimum Gasteiger partial charge on any atom is -0.324 e. The van der Waals surface area contributed by atoms with Crippen LogP contribution in [0, 0.1) is 6.92 Å². The summed E-state index contributed by atoms with van der Waals surface area (Å²) in [5, 5.41) is 5.68. The quantitative estimate of drug-likeness (QED) is 0.808. The number of hydrogen-bond donors (Lipinski definition) is 2. The van der Waals surface area contributed by atoms with E-state index >= 15 is 0 Å². The number of carbonyl (C=O) groups is 3. The van der Waals surface area contributed by atoms with Gasteiger partial charge in [0.15, 0.2) is 5.78 Å². The van der Waals surface area contributed by atoms with E-state index < -0.39 is 6.04 Å². The molecule has 1 aliphatic rings. The zero-order chi connectivity index (χ0) is 19.4. The largest absolute Gasteiger partial charge is 0.324 e. The zero-order valence-electron chi connectivity index (χ0n) is 15.5. The van der Waals surface area contributed by atoms with Crippen LogP contribution in [0.5, 0.6) is 0 Å². The standard InChI is InChI=1S/C21H23N3O3/c1-14-5-9-18(10-6-14)23-21(27)24-13-3-4-19(24)20(26)22-17-11-7-16(8-12-17)15(2)25/h5-12,19H,3-4,13H2,1-2H3,(H,22,26)(H,23,27)/t19-/m1/s1. The Hall–Kier alpha value is -3.15. The van der Waals surface area contributed by atoms with Crippen molar-refractivity contribution in [1.82, 2.24) is 4.90 Å². The molecule has 1 saturated heterocycles. The minimum absolute atomic E-state index is 0.0254. The topological polar surface area (TPSA) is 78.5 Å². The molecule has 0 aromatic heterocycles. The fourth-order valence-electron chi connectivity index (χ4n) is 3.13. The summed E-state index contributed by atoms with van der Waals surface area (Å²) in [6.45, 7) is 4.02. The summed E-state index contributed by atoms with van der Waals surface area (Å²) >= 11 is 0. The molecule has 0 spiro atoms. The number of ketones is 1. The molecule has 2 aromatic rings. The molecule has 1 aliphatic heterocycles. The van der Waals surface area contributed by atoms with E-state index in [2.05, 4.69) is 10.6 Å². The summed E-state index contributed by atoms with van der Waals surface area (Å²) in [4.78, 5) is 38.1. The van der Waals surface area contributed by atoms with Gasteiger partial charge in [-0.05, 0) is 63.1 Å². The molecule has 3 amide bonds. The van der Waals surface area contributed by atoms with Crippen LogP contribution in [0.25, 0.3) is 0 Å². The molecule has 1 fully saturated rings. The highest BCUT2D eigenvalue weighted by atomic mass is 16.2. The summed E-state index contributed by atoms with van der Waals surface area (Å²) in [7, 11) is 0. The number of nitrogens with one attached hydrogen (secondary N) is 2. The lowest BCUT2D eigenvalue weighted by Gasteiger charge is -2.24. The summed E-state index contributed by atoms with van der Waals surface area (Å²) < 4.78 is 0. The van der Waals surface area contributed by atoms with Gasteiger partial charge in [0, 0.05) is 23.5 Å². The number of rotatable bonds is 4. The Morgan fingerprint density at radius 1 is 0.926 bits per heavy atom. The van der Waals surface area contributed by atoms with Crippen molar-refractivity contribution in [3.8, 4) is 0 Å². The maximum atomic E-state index is 12.6. The second-order valence-electron chi connectivity index (χ2n) is 6.77. The number of urea groups is 1. The average Bonchev–Trinajstić information content (AvgIpc) is 3.14. The number of nitrogens with zero attached hydrogens (tertiary/aromatic N) is 1. The van der Waals surface area contributed by atoms with Gasteiger partial charge in [0.2, 0.25) is 5.91 Å². The Balaban J connectivity index is 1.64. The fraction of sp³-hybridized carbons (Fsp3) is 0.286. The SMILES string of the molecule is CC(=O)c1ccc(NC(=O)[C@H]2CCCN2C(=O)Nc2ccc(C)cc2)cc1. The lowest BCUT2D eigenvalue weighted by atomic mass is 10.1. The Morgan fingerprint density at radius 3 is 2.15 bits per heavy atom. The van der Waals surface area contributed by atoms with Crippen LogP contribution in [0.3, 0.4) is 0 Å². The molecule has 0 saturated carbocycles. The van der Waals surface area contributed by atoms with Crippen LogP contribution in [0.1, 0.15) is 35.7 Å². The van der Waals surface area contributed by atoms with Crippen molar-refractivity contribution in [2.75, 3.05) is 17.2 Å². The van der Waals surface area contributed by atoms with Gasteiger partial charge in [-0.3, -0.25) is 9.59 Å². The Kier molecular flexibility index (Phi) is 5.54. The van der Waals surface area contributed by atoms with Crippen molar-refractivity contribution < 1.29 is 14.4 Å². The Bertz CT molecular complexity index is 844. The van der Waals surface area contributed by atoms with Crippen LogP contribution < -0.4 is 10.6 Å². The number of hydrogen-bond acceptors (Lipinski definition) is 3. The van der Waals surface area contributed by atoms with E-state index in [9.17, 15) is 14.4 Å². The van der Waals surface area contributed by atoms with Crippen LogP contribution in [-0.4, -0.2) is 35.2 Å². The molecule has 140 valence electrons. The predicted octanol–water partition coefficient (Wildman–Crippen LogP) is 3.83. The summed E-state index contributed by atoms with van der Waals surface area (Å²) in [6, 6.07) is 13.5. The van der Waals surface area contributed by atoms with E-state index in [-0.39, 0.29) is 17.7 Å². The molecule has 0 radical (unpaired) electrons. The van der Waals surface area contributed by atoms with Crippen molar-refractivity contribution in [1.29, 1.82) is 0 Å². The molecule has 0 aliphatic carbocycles. The normalized spacial score (nSPS) is 16.1. The maximum Gasteiger partial charge on any atom is 0.322 e. The Morgan fingerprint density at radius 2 is 1.52 bits per heavy atom. The third-order valence-corrected chi connectivity index (χ3v) is 4.68. The van der Waals surface area contributed by atoms with E-state index in [0.29, 0.717) is 29.9 Å². The molecule has 2 N–H and O–H groups in total. The molecular formula is C21H23N3O3. The van der Waals surface area contributed by atoms with Crippen molar-refractivity contribution in [2.24, 2.45) is 0 Å². The number of amides is 3. The average molecular weight is 365 g/mol. The zero-order valence-corrected chi connectivity index (χ0v) is 15.5. The molecule has 2 aromatic carbocycles. The van der Waals surface area contributed by atoms with Gasteiger partial charge in [-0.25, -0.2) is 4.79 Å². The maximum absolute atomic E-state index is 12.6. The lowest BCUT2D eigenvalue weighted by Crippen LogP contribution is -2.45. The van der Waals surface area contributed by atoms with Gasteiger partial charge in [0.1, 0.15) is 6.04 Å². The number of carbonyl (C=O) groups excluding carboxylic acids is 3. The van der Waals surface area contributed by atoms with Gasteiger partial charge in [-0.2, -0.15) is 0 Å². The first-order valence-corrected chi connectivity index (χ1v) is 9.00. The molecular weight excluding hydrogens is 342 g/mol. The van der Waals surface area contributed by atoms with Crippen LogP contribution >= 0.6 is 0 Å². The van der Waals surface area contributed by atoms with Crippen LogP contribution in [-0.2, 0) is 4.79 Å². The molecule has 6 heteroatoms. The first-order valence-electron chi connectivity index (χ1n) is 9.00. The first-order chi connectivity index (χ1) is 12.9. The van der Waals surface area contributed by atoms with Crippen LogP contribution in [0.15, 0.2) is 48.5 Å². The minimum atomic E-state index is -0.511. The molecule has 1 atom stereocenters. The van der Waals surface area contributed by atoms with Crippen molar-refractivity contribution in [2.45, 2.75) is 32.7 Å². The van der Waals surface area contributed by atoms with E-state index in [4.69, 9.17) is 0 Å². The van der Waals surface area contributed by atoms with E-state index in [1.54, 1.807) is 29.2 Å². The van der Waals surface area contributed by atoms with E-state index in [0.717, 1.165) is 12.0 Å². The number of Topliss-reactive ketones (excluding diaryl/α,β-unsaturated/α-hetero) is 1. The summed E-state index contributed by atoms with van der Waals surface area (Å²) in [6.07, 6.45) is 1.40. The second kappa shape index (κ2) is 8.03. The molecule has 0 unspecified atom stereocenters. The monoisotopic (exact) mass is 365 g/mol. The van der Waals surface area contributed by atoms with Crippen LogP contribution in [0.2, 0.25) is 0 Å². The van der Waals surface area contributed by atoms with Gasteiger partial charge in [-0.15, -0.1) is 0 Å². The Labute approximate surface area is 158 Å². The van der Waals surface area contributed by atoms with Crippen molar-refractivity contribution in [3.05, 3.63) is 59.7 Å². The third kappa shape index (κ3) is 4.53. The number of likely N-dealkylation sites (tertiary alicyclic amines) is 1. The van der Waals surface area contributed by atoms with Crippen molar-refractivity contribution >= 4 is 29.1 Å². The second-order valence-corrected chi connectivity index (χ2v) is 6.77. The first kappa shape index (κ1) is 18.6. The van der Waals surface area contributed by atoms with Gasteiger partial charge in [0.25, 0.3) is 0 Å². The number of benzene rings is 2. The highest BCUT2D eigenvalue weighted by Gasteiger charge is 2.34. The summed E-state index contributed by atoms with van der Waals surface area (Å²) in [5.74, 6) is -0.246. The summed E-state index contributed by atoms with van der Waals surface area (Å²) in [5.41, 5.74) is 3.02. The lowest BCUT2D eigenvalue weighted by molar-refractivity contribution is -0.119. The van der Waals surface area contributed by atoms with E-state index in [1.807, 2.05) is 31.2 Å². The van der Waals surface area contributed by atoms with Gasteiger partial charge < -0.3 is 15.5 Å². The predicted molar refractivity (Wildman–Crippen MR) is 105 cm³/mol. The molecule has 6 nitrogen and oxygen atoms in total.